The highest BCUT2D eigenvalue weighted by atomic mass is 32.1. The van der Waals surface area contributed by atoms with Gasteiger partial charge in [0.15, 0.2) is 5.11 Å². The predicted molar refractivity (Wildman–Crippen MR) is 146 cm³/mol. The van der Waals surface area contributed by atoms with E-state index >= 15 is 0 Å². The normalized spacial score (nSPS) is 23.5. The average Bonchev–Trinajstić information content (AvgIpc) is 2.90. The molecule has 1 aromatic heterocycles. The van der Waals surface area contributed by atoms with Crippen molar-refractivity contribution >= 4 is 39.9 Å². The summed E-state index contributed by atoms with van der Waals surface area (Å²) in [6.07, 6.45) is 1.31. The molecule has 0 saturated carbocycles. The van der Waals surface area contributed by atoms with E-state index in [2.05, 4.69) is 17.0 Å². The summed E-state index contributed by atoms with van der Waals surface area (Å²) in [5.74, 6) is -0.00519. The molecule has 2 amide bonds. The molecule has 7 nitrogen and oxygen atoms in total. The molecule has 3 aliphatic rings. The van der Waals surface area contributed by atoms with Crippen molar-refractivity contribution in [3.05, 3.63) is 82.3 Å². The van der Waals surface area contributed by atoms with E-state index in [0.29, 0.717) is 32.0 Å². The lowest BCUT2D eigenvalue weighted by atomic mass is 9.74. The van der Waals surface area contributed by atoms with Gasteiger partial charge in [0.1, 0.15) is 5.41 Å². The molecule has 8 heteroatoms. The summed E-state index contributed by atoms with van der Waals surface area (Å²) < 4.78 is 1.90. The van der Waals surface area contributed by atoms with E-state index < -0.39 is 5.41 Å². The molecule has 3 aromatic rings. The van der Waals surface area contributed by atoms with Crippen LogP contribution >= 0.6 is 12.2 Å². The lowest BCUT2D eigenvalue weighted by Gasteiger charge is -2.48. The Labute approximate surface area is 221 Å². The summed E-state index contributed by atoms with van der Waals surface area (Å²) in [4.78, 5) is 45.7. The zero-order valence-electron chi connectivity index (χ0n) is 21.1. The topological polar surface area (TPSA) is 65.9 Å². The number of nitrogens with zero attached hydrogens (tertiary/aromatic N) is 4. The van der Waals surface area contributed by atoms with Crippen LogP contribution in [0.5, 0.6) is 0 Å². The summed E-state index contributed by atoms with van der Waals surface area (Å²) in [7, 11) is 3.33. The van der Waals surface area contributed by atoms with Crippen LogP contribution in [-0.4, -0.2) is 69.9 Å². The fourth-order valence-corrected chi connectivity index (χ4v) is 6.92. The van der Waals surface area contributed by atoms with Crippen molar-refractivity contribution in [2.24, 2.45) is 11.3 Å². The van der Waals surface area contributed by atoms with Gasteiger partial charge in [0, 0.05) is 58.0 Å². The third-order valence-corrected chi connectivity index (χ3v) is 8.97. The SMILES string of the molecule is CN1C(=O)C(Cc2cccc3ccccc23)(CN2C[C@@H]3C[C@H](C2)c2cccc(=O)n2C3)C(=O)N(C)C1=S. The van der Waals surface area contributed by atoms with Gasteiger partial charge in [-0.3, -0.25) is 24.2 Å². The maximum absolute atomic E-state index is 14.0. The Kier molecular flexibility index (Phi) is 5.76. The molecule has 0 radical (unpaired) electrons. The Morgan fingerprint density at radius 3 is 2.35 bits per heavy atom. The van der Waals surface area contributed by atoms with E-state index in [1.54, 1.807) is 20.2 Å². The number of hydrogen-bond donors (Lipinski definition) is 0. The van der Waals surface area contributed by atoms with E-state index in [4.69, 9.17) is 12.2 Å². The number of aromatic nitrogens is 1. The number of rotatable bonds is 4. The van der Waals surface area contributed by atoms with Gasteiger partial charge >= 0.3 is 0 Å². The third kappa shape index (κ3) is 3.81. The van der Waals surface area contributed by atoms with Crippen LogP contribution in [-0.2, 0) is 22.6 Å². The van der Waals surface area contributed by atoms with Gasteiger partial charge in [0.25, 0.3) is 5.56 Å². The highest BCUT2D eigenvalue weighted by Gasteiger charge is 2.55. The maximum atomic E-state index is 14.0. The van der Waals surface area contributed by atoms with Crippen LogP contribution in [0.25, 0.3) is 10.8 Å². The molecule has 0 spiro atoms. The Morgan fingerprint density at radius 1 is 0.865 bits per heavy atom. The molecule has 4 heterocycles. The van der Waals surface area contributed by atoms with Gasteiger partial charge < -0.3 is 9.47 Å². The Bertz CT molecular complexity index is 1470. The van der Waals surface area contributed by atoms with Crippen molar-refractivity contribution in [2.75, 3.05) is 33.7 Å². The molecule has 190 valence electrons. The number of carbonyl (C=O) groups is 2. The molecule has 0 unspecified atom stereocenters. The van der Waals surface area contributed by atoms with Crippen LogP contribution in [0.15, 0.2) is 65.5 Å². The molecular formula is C29H30N4O3S. The highest BCUT2D eigenvalue weighted by Crippen LogP contribution is 2.40. The van der Waals surface area contributed by atoms with E-state index in [-0.39, 0.29) is 28.4 Å². The van der Waals surface area contributed by atoms with Crippen molar-refractivity contribution in [3.63, 3.8) is 0 Å². The standard InChI is InChI=1S/C29H30N4O3S/c1-30-26(35)29(27(36)31(2)28(30)37,14-21-9-5-8-20-7-3-4-10-23(20)21)18-32-15-19-13-22(17-32)24-11-6-12-25(34)33(24)16-19/h3-12,19,22H,13-18H2,1-2H3/t19-,22+/m0/s1. The first-order chi connectivity index (χ1) is 17.8. The van der Waals surface area contributed by atoms with Crippen LogP contribution in [0.3, 0.4) is 0 Å². The Balaban J connectivity index is 1.40. The van der Waals surface area contributed by atoms with E-state index in [0.717, 1.165) is 35.0 Å². The molecule has 3 aliphatic heterocycles. The first-order valence-corrected chi connectivity index (χ1v) is 13.2. The van der Waals surface area contributed by atoms with Crippen LogP contribution in [0.2, 0.25) is 0 Å². The molecule has 2 saturated heterocycles. The van der Waals surface area contributed by atoms with Crippen LogP contribution in [0.1, 0.15) is 23.6 Å². The zero-order valence-corrected chi connectivity index (χ0v) is 21.9. The second kappa shape index (κ2) is 8.89. The van der Waals surface area contributed by atoms with Gasteiger partial charge in [-0.05, 0) is 53.4 Å². The molecule has 0 aliphatic carbocycles. The Hall–Kier alpha value is -3.36. The lowest BCUT2D eigenvalue weighted by molar-refractivity contribution is -0.157. The van der Waals surface area contributed by atoms with E-state index in [9.17, 15) is 14.4 Å². The van der Waals surface area contributed by atoms with E-state index in [1.807, 2.05) is 47.0 Å². The molecular weight excluding hydrogens is 484 g/mol. The number of likely N-dealkylation sites (tertiary alicyclic amines) is 1. The van der Waals surface area contributed by atoms with Crippen molar-refractivity contribution in [2.45, 2.75) is 25.3 Å². The average molecular weight is 515 g/mol. The van der Waals surface area contributed by atoms with Gasteiger partial charge in [-0.15, -0.1) is 0 Å². The summed E-state index contributed by atoms with van der Waals surface area (Å²) in [6, 6.07) is 19.6. The number of carbonyl (C=O) groups excluding carboxylic acids is 2. The molecule has 6 rings (SSSR count). The highest BCUT2D eigenvalue weighted by molar-refractivity contribution is 7.80. The van der Waals surface area contributed by atoms with Crippen molar-refractivity contribution in [1.82, 2.24) is 19.3 Å². The largest absolute Gasteiger partial charge is 0.312 e. The van der Waals surface area contributed by atoms with Crippen molar-refractivity contribution < 1.29 is 9.59 Å². The molecule has 2 atom stereocenters. The number of fused-ring (bicyclic) bond motifs is 5. The Morgan fingerprint density at radius 2 is 1.57 bits per heavy atom. The summed E-state index contributed by atoms with van der Waals surface area (Å²) in [5.41, 5.74) is 0.775. The number of piperidine rings is 1. The van der Waals surface area contributed by atoms with Gasteiger partial charge in [-0.25, -0.2) is 0 Å². The monoisotopic (exact) mass is 514 g/mol. The quantitative estimate of drug-likeness (QED) is 0.396. The maximum Gasteiger partial charge on any atom is 0.250 e. The van der Waals surface area contributed by atoms with Gasteiger partial charge in [-0.1, -0.05) is 48.5 Å². The summed E-state index contributed by atoms with van der Waals surface area (Å²) in [6.45, 7) is 2.43. The molecule has 2 aromatic carbocycles. The van der Waals surface area contributed by atoms with Crippen molar-refractivity contribution in [1.29, 1.82) is 0 Å². The smallest absolute Gasteiger partial charge is 0.250 e. The minimum absolute atomic E-state index is 0.0440. The van der Waals surface area contributed by atoms with Gasteiger partial charge in [0.05, 0.1) is 0 Å². The number of benzene rings is 2. The third-order valence-electron chi connectivity index (χ3n) is 8.42. The van der Waals surface area contributed by atoms with Gasteiger partial charge in [0.2, 0.25) is 11.8 Å². The van der Waals surface area contributed by atoms with Crippen LogP contribution in [0, 0.1) is 11.3 Å². The molecule has 0 N–H and O–H groups in total. The zero-order chi connectivity index (χ0) is 25.9. The van der Waals surface area contributed by atoms with Crippen LogP contribution in [0.4, 0.5) is 0 Å². The molecule has 2 bridgehead atoms. The van der Waals surface area contributed by atoms with Crippen LogP contribution < -0.4 is 5.56 Å². The number of amides is 2. The van der Waals surface area contributed by atoms with Gasteiger partial charge in [-0.2, -0.15) is 0 Å². The summed E-state index contributed by atoms with van der Waals surface area (Å²) in [5, 5.41) is 2.36. The molecule has 2 fully saturated rings. The lowest BCUT2D eigenvalue weighted by Crippen LogP contribution is -2.67. The second-order valence-corrected chi connectivity index (χ2v) is 11.2. The number of thiocarbonyl (C=S) groups is 1. The first-order valence-electron chi connectivity index (χ1n) is 12.8. The fourth-order valence-electron chi connectivity index (χ4n) is 6.75. The van der Waals surface area contributed by atoms with Crippen molar-refractivity contribution in [3.8, 4) is 0 Å². The van der Waals surface area contributed by atoms with E-state index in [1.165, 1.54) is 9.80 Å². The number of hydrogen-bond acceptors (Lipinski definition) is 5. The summed E-state index contributed by atoms with van der Waals surface area (Å²) >= 11 is 5.44. The minimum atomic E-state index is -1.29. The second-order valence-electron chi connectivity index (χ2n) is 10.8. The first kappa shape index (κ1) is 24.0. The minimum Gasteiger partial charge on any atom is -0.312 e. The molecule has 37 heavy (non-hydrogen) atoms. The fraction of sp³-hybridized carbons (Fsp3) is 0.379. The predicted octanol–water partition coefficient (Wildman–Crippen LogP) is 2.87. The number of pyridine rings is 1.